The SMILES string of the molecule is CSc1ccc(C2(NC(=O)C(N)CCC(N)=O)CC2)cc1. The minimum atomic E-state index is -0.694. The number of hydrogen-bond donors (Lipinski definition) is 3. The average molecular weight is 307 g/mol. The van der Waals surface area contributed by atoms with E-state index in [1.165, 1.54) is 4.90 Å². The molecular formula is C15H21N3O2S. The predicted octanol–water partition coefficient (Wildman–Crippen LogP) is 1.11. The Bertz CT molecular complexity index is 526. The van der Waals surface area contributed by atoms with Gasteiger partial charge in [-0.25, -0.2) is 0 Å². The van der Waals surface area contributed by atoms with Crippen LogP contribution in [0.4, 0.5) is 0 Å². The minimum Gasteiger partial charge on any atom is -0.370 e. The fraction of sp³-hybridized carbons (Fsp3) is 0.467. The highest BCUT2D eigenvalue weighted by molar-refractivity contribution is 7.98. The molecule has 2 amide bonds. The van der Waals surface area contributed by atoms with Crippen LogP contribution in [0.3, 0.4) is 0 Å². The molecule has 6 heteroatoms. The molecule has 0 radical (unpaired) electrons. The van der Waals surface area contributed by atoms with Gasteiger partial charge >= 0.3 is 0 Å². The largest absolute Gasteiger partial charge is 0.370 e. The Hall–Kier alpha value is -1.53. The summed E-state index contributed by atoms with van der Waals surface area (Å²) in [5.41, 5.74) is 11.7. The molecule has 1 aromatic rings. The minimum absolute atomic E-state index is 0.129. The van der Waals surface area contributed by atoms with Gasteiger partial charge in [0.15, 0.2) is 0 Å². The molecule has 0 aromatic heterocycles. The van der Waals surface area contributed by atoms with Crippen LogP contribution in [0.2, 0.25) is 0 Å². The van der Waals surface area contributed by atoms with E-state index < -0.39 is 11.9 Å². The Balaban J connectivity index is 1.97. The molecule has 0 bridgehead atoms. The van der Waals surface area contributed by atoms with Crippen molar-refractivity contribution >= 4 is 23.6 Å². The highest BCUT2D eigenvalue weighted by Crippen LogP contribution is 2.45. The van der Waals surface area contributed by atoms with Crippen molar-refractivity contribution < 1.29 is 9.59 Å². The lowest BCUT2D eigenvalue weighted by Crippen LogP contribution is -2.45. The van der Waals surface area contributed by atoms with E-state index in [1.807, 2.05) is 18.4 Å². The second-order valence-corrected chi connectivity index (χ2v) is 6.29. The molecule has 1 aromatic carbocycles. The summed E-state index contributed by atoms with van der Waals surface area (Å²) in [6.07, 6.45) is 4.27. The Kier molecular flexibility index (Phi) is 4.90. The van der Waals surface area contributed by atoms with Crippen molar-refractivity contribution in [1.29, 1.82) is 0 Å². The van der Waals surface area contributed by atoms with Gasteiger partial charge in [-0.05, 0) is 43.2 Å². The number of primary amides is 1. The summed E-state index contributed by atoms with van der Waals surface area (Å²) in [5.74, 6) is -0.658. The second-order valence-electron chi connectivity index (χ2n) is 5.41. The van der Waals surface area contributed by atoms with Crippen LogP contribution >= 0.6 is 11.8 Å². The van der Waals surface area contributed by atoms with Crippen LogP contribution in [-0.4, -0.2) is 24.1 Å². The van der Waals surface area contributed by atoms with Crippen molar-refractivity contribution in [3.63, 3.8) is 0 Å². The van der Waals surface area contributed by atoms with E-state index in [1.54, 1.807) is 11.8 Å². The third kappa shape index (κ3) is 3.98. The fourth-order valence-corrected chi connectivity index (χ4v) is 2.69. The van der Waals surface area contributed by atoms with Crippen LogP contribution in [-0.2, 0) is 15.1 Å². The van der Waals surface area contributed by atoms with Crippen LogP contribution in [0.5, 0.6) is 0 Å². The zero-order valence-electron chi connectivity index (χ0n) is 12.1. The van der Waals surface area contributed by atoms with Gasteiger partial charge in [0.1, 0.15) is 0 Å². The maximum atomic E-state index is 12.1. The molecule has 5 N–H and O–H groups in total. The fourth-order valence-electron chi connectivity index (χ4n) is 2.28. The zero-order chi connectivity index (χ0) is 15.5. The molecule has 114 valence electrons. The highest BCUT2D eigenvalue weighted by Gasteiger charge is 2.46. The van der Waals surface area contributed by atoms with Crippen molar-refractivity contribution in [2.24, 2.45) is 11.5 Å². The summed E-state index contributed by atoms with van der Waals surface area (Å²) in [6.45, 7) is 0. The number of amides is 2. The predicted molar refractivity (Wildman–Crippen MR) is 83.7 cm³/mol. The van der Waals surface area contributed by atoms with E-state index in [-0.39, 0.29) is 24.3 Å². The van der Waals surface area contributed by atoms with Crippen LogP contribution in [0.25, 0.3) is 0 Å². The van der Waals surface area contributed by atoms with E-state index in [0.717, 1.165) is 18.4 Å². The van der Waals surface area contributed by atoms with Crippen molar-refractivity contribution in [3.8, 4) is 0 Å². The summed E-state index contributed by atoms with van der Waals surface area (Å²) in [7, 11) is 0. The monoisotopic (exact) mass is 307 g/mol. The Morgan fingerprint density at radius 2 is 1.95 bits per heavy atom. The number of thioether (sulfide) groups is 1. The second kappa shape index (κ2) is 6.49. The molecule has 0 heterocycles. The number of benzene rings is 1. The summed E-state index contributed by atoms with van der Waals surface area (Å²) >= 11 is 1.69. The molecule has 1 aliphatic carbocycles. The Morgan fingerprint density at radius 1 is 1.33 bits per heavy atom. The van der Waals surface area contributed by atoms with Gasteiger partial charge in [-0.3, -0.25) is 9.59 Å². The number of hydrogen-bond acceptors (Lipinski definition) is 4. The number of carbonyl (C=O) groups excluding carboxylic acids is 2. The van der Waals surface area contributed by atoms with Crippen molar-refractivity contribution in [2.75, 3.05) is 6.26 Å². The first kappa shape index (κ1) is 15.9. The summed E-state index contributed by atoms with van der Waals surface area (Å²) in [6, 6.07) is 7.51. The van der Waals surface area contributed by atoms with Crippen LogP contribution in [0.1, 0.15) is 31.2 Å². The highest BCUT2D eigenvalue weighted by atomic mass is 32.2. The molecule has 0 saturated heterocycles. The lowest BCUT2D eigenvalue weighted by molar-refractivity contribution is -0.123. The van der Waals surface area contributed by atoms with Gasteiger partial charge in [-0.15, -0.1) is 11.8 Å². The molecular weight excluding hydrogens is 286 g/mol. The molecule has 1 saturated carbocycles. The smallest absolute Gasteiger partial charge is 0.237 e. The third-order valence-corrected chi connectivity index (χ3v) is 4.54. The molecule has 1 fully saturated rings. The molecule has 1 aliphatic rings. The van der Waals surface area contributed by atoms with Crippen molar-refractivity contribution in [3.05, 3.63) is 29.8 Å². The van der Waals surface area contributed by atoms with Crippen molar-refractivity contribution in [1.82, 2.24) is 5.32 Å². The zero-order valence-corrected chi connectivity index (χ0v) is 12.9. The van der Waals surface area contributed by atoms with E-state index in [4.69, 9.17) is 11.5 Å². The molecule has 1 atom stereocenters. The number of rotatable bonds is 7. The van der Waals surface area contributed by atoms with Crippen LogP contribution in [0, 0.1) is 0 Å². The molecule has 5 nitrogen and oxygen atoms in total. The number of carbonyl (C=O) groups is 2. The normalized spacial score (nSPS) is 17.0. The first-order valence-electron chi connectivity index (χ1n) is 6.97. The molecule has 1 unspecified atom stereocenters. The maximum Gasteiger partial charge on any atom is 0.237 e. The standard InChI is InChI=1S/C15H21N3O2S/c1-21-11-4-2-10(3-5-11)15(8-9-15)18-14(20)12(16)6-7-13(17)19/h2-5,12H,6-9,16H2,1H3,(H2,17,19)(H,18,20). The molecule has 0 spiro atoms. The first-order chi connectivity index (χ1) is 9.97. The van der Waals surface area contributed by atoms with Crippen LogP contribution < -0.4 is 16.8 Å². The van der Waals surface area contributed by atoms with Gasteiger partial charge in [0.25, 0.3) is 0 Å². The van der Waals surface area contributed by atoms with Crippen molar-refractivity contribution in [2.45, 2.75) is 42.2 Å². The lowest BCUT2D eigenvalue weighted by Gasteiger charge is -2.21. The van der Waals surface area contributed by atoms with Gasteiger partial charge in [0.2, 0.25) is 11.8 Å². The quantitative estimate of drug-likeness (QED) is 0.657. The van der Waals surface area contributed by atoms with Gasteiger partial charge in [0, 0.05) is 11.3 Å². The first-order valence-corrected chi connectivity index (χ1v) is 8.20. The molecule has 21 heavy (non-hydrogen) atoms. The van der Waals surface area contributed by atoms with Crippen LogP contribution in [0.15, 0.2) is 29.2 Å². The maximum absolute atomic E-state index is 12.1. The Labute approximate surface area is 128 Å². The number of nitrogens with one attached hydrogen (secondary N) is 1. The van der Waals surface area contributed by atoms with E-state index in [9.17, 15) is 9.59 Å². The number of nitrogens with two attached hydrogens (primary N) is 2. The van der Waals surface area contributed by atoms with Gasteiger partial charge in [-0.2, -0.15) is 0 Å². The molecule has 2 rings (SSSR count). The Morgan fingerprint density at radius 3 is 2.43 bits per heavy atom. The van der Waals surface area contributed by atoms with E-state index in [0.29, 0.717) is 0 Å². The topological polar surface area (TPSA) is 98.2 Å². The van der Waals surface area contributed by atoms with Gasteiger partial charge in [0.05, 0.1) is 11.6 Å². The summed E-state index contributed by atoms with van der Waals surface area (Å²) in [5, 5.41) is 3.02. The molecule has 0 aliphatic heterocycles. The van der Waals surface area contributed by atoms with Gasteiger partial charge in [-0.1, -0.05) is 12.1 Å². The van der Waals surface area contributed by atoms with E-state index in [2.05, 4.69) is 17.4 Å². The summed E-state index contributed by atoms with van der Waals surface area (Å²) < 4.78 is 0. The third-order valence-electron chi connectivity index (χ3n) is 3.79. The van der Waals surface area contributed by atoms with Gasteiger partial charge < -0.3 is 16.8 Å². The average Bonchev–Trinajstić information content (AvgIpc) is 3.25. The van der Waals surface area contributed by atoms with E-state index >= 15 is 0 Å². The lowest BCUT2D eigenvalue weighted by atomic mass is 10.0. The summed E-state index contributed by atoms with van der Waals surface area (Å²) in [4.78, 5) is 24.0.